The molecule has 0 saturated heterocycles. The molecule has 0 spiro atoms. The molecule has 0 aliphatic rings. The maximum absolute atomic E-state index is 3.63. The quantitative estimate of drug-likeness (QED) is 0.601. The molecule has 2 aromatic rings. The lowest BCUT2D eigenvalue weighted by molar-refractivity contribution is 1.67. The van der Waals surface area contributed by atoms with Gasteiger partial charge in [0.1, 0.15) is 0 Å². The van der Waals surface area contributed by atoms with E-state index in [1.165, 1.54) is 11.1 Å². The molecule has 100 valence electrons. The van der Waals surface area contributed by atoms with E-state index < -0.39 is 0 Å². The molecule has 0 heteroatoms. The predicted molar refractivity (Wildman–Crippen MR) is 91.3 cm³/mol. The van der Waals surface area contributed by atoms with Crippen molar-refractivity contribution in [2.24, 2.45) is 0 Å². The van der Waals surface area contributed by atoms with Crippen LogP contribution >= 0.6 is 0 Å². The standard InChI is InChI=1S/2C8H8.C4H4/c2*1-2-8-6-4-3-5-7-8;1-3-4-2/h2*2-7H,1H2;1-2H2. The molecule has 0 saturated carbocycles. The third-order valence-electron chi connectivity index (χ3n) is 2.20. The van der Waals surface area contributed by atoms with Gasteiger partial charge in [-0.15, -0.1) is 0 Å². The molecule has 0 aromatic heterocycles. The topological polar surface area (TPSA) is 0 Å². The summed E-state index contributed by atoms with van der Waals surface area (Å²) in [6.45, 7) is 13.6. The zero-order valence-electron chi connectivity index (χ0n) is 11.8. The van der Waals surface area contributed by atoms with Gasteiger partial charge in [-0.3, -0.25) is 0 Å². The Morgan fingerprint density at radius 2 is 0.900 bits per heavy atom. The summed E-state index contributed by atoms with van der Waals surface area (Å²) in [6.07, 6.45) is 3.67. The largest absolute Gasteiger partial charge is 0.0985 e. The first kappa shape index (κ1) is 17.2. The first-order valence-corrected chi connectivity index (χ1v) is 6.17. The van der Waals surface area contributed by atoms with Gasteiger partial charge in [0.2, 0.25) is 0 Å². The molecule has 0 radical (unpaired) electrons. The molecule has 0 aliphatic heterocycles. The van der Waals surface area contributed by atoms with Gasteiger partial charge in [-0.05, 0) is 24.3 Å². The van der Waals surface area contributed by atoms with Crippen molar-refractivity contribution in [2.45, 2.75) is 0 Å². The summed E-state index contributed by atoms with van der Waals surface area (Å²) in [5, 5.41) is 0. The Bertz CT molecular complexity index is 498. The molecule has 0 atom stereocenters. The van der Waals surface area contributed by atoms with E-state index in [-0.39, 0.29) is 0 Å². The van der Waals surface area contributed by atoms with Crippen molar-refractivity contribution < 1.29 is 0 Å². The van der Waals surface area contributed by atoms with Crippen molar-refractivity contribution in [3.05, 3.63) is 110 Å². The Morgan fingerprint density at radius 3 is 1.05 bits per heavy atom. The Kier molecular flexibility index (Phi) is 10.9. The van der Waals surface area contributed by atoms with Gasteiger partial charge in [0.25, 0.3) is 0 Å². The van der Waals surface area contributed by atoms with Gasteiger partial charge in [0.15, 0.2) is 0 Å². The van der Waals surface area contributed by atoms with Crippen LogP contribution in [0.5, 0.6) is 0 Å². The van der Waals surface area contributed by atoms with Crippen LogP contribution in [-0.2, 0) is 0 Å². The number of benzene rings is 2. The number of hydrogen-bond acceptors (Lipinski definition) is 0. The van der Waals surface area contributed by atoms with Crippen molar-refractivity contribution in [3.8, 4) is 0 Å². The second-order valence-electron chi connectivity index (χ2n) is 3.58. The summed E-state index contributed by atoms with van der Waals surface area (Å²) in [7, 11) is 0. The minimum absolute atomic E-state index is 1.17. The maximum atomic E-state index is 3.63. The molecule has 0 N–H and O–H groups in total. The lowest BCUT2D eigenvalue weighted by atomic mass is 10.2. The van der Waals surface area contributed by atoms with Gasteiger partial charge in [0.05, 0.1) is 0 Å². The summed E-state index contributed by atoms with van der Waals surface area (Å²) in [6, 6.07) is 20.1. The fraction of sp³-hybridized carbons (Fsp3) is 0. The van der Waals surface area contributed by atoms with Gasteiger partial charge >= 0.3 is 0 Å². The predicted octanol–water partition coefficient (Wildman–Crippen LogP) is 5.77. The van der Waals surface area contributed by atoms with E-state index in [0.29, 0.717) is 0 Å². The van der Waals surface area contributed by atoms with Crippen LogP contribution in [0.4, 0.5) is 0 Å². The molecule has 0 heterocycles. The molecule has 20 heavy (non-hydrogen) atoms. The zero-order chi connectivity index (χ0) is 15.1. The van der Waals surface area contributed by atoms with E-state index in [9.17, 15) is 0 Å². The monoisotopic (exact) mass is 260 g/mol. The SMILES string of the molecule is C=C=C=C.C=Cc1ccccc1.C=Cc1ccccc1. The molecule has 0 aliphatic carbocycles. The van der Waals surface area contributed by atoms with Crippen LogP contribution in [0, 0.1) is 0 Å². The van der Waals surface area contributed by atoms with Crippen LogP contribution < -0.4 is 0 Å². The molecule has 0 nitrogen and oxygen atoms in total. The van der Waals surface area contributed by atoms with Gasteiger partial charge in [-0.2, -0.15) is 0 Å². The first-order chi connectivity index (χ1) is 9.78. The van der Waals surface area contributed by atoms with E-state index in [4.69, 9.17) is 0 Å². The van der Waals surface area contributed by atoms with Gasteiger partial charge in [-0.25, -0.2) is 0 Å². The molecule has 2 aromatic carbocycles. The summed E-state index contributed by atoms with van der Waals surface area (Å²) in [5.41, 5.74) is 6.99. The Labute approximate surface area is 122 Å². The minimum atomic E-state index is 1.17. The van der Waals surface area contributed by atoms with Crippen molar-refractivity contribution in [2.75, 3.05) is 0 Å². The van der Waals surface area contributed by atoms with Crippen LogP contribution in [-0.4, -0.2) is 0 Å². The van der Waals surface area contributed by atoms with Crippen molar-refractivity contribution in [1.29, 1.82) is 0 Å². The van der Waals surface area contributed by atoms with Gasteiger partial charge < -0.3 is 0 Å². The van der Waals surface area contributed by atoms with E-state index in [1.807, 2.05) is 72.8 Å². The summed E-state index contributed by atoms with van der Waals surface area (Å²) in [4.78, 5) is 0. The normalized spacial score (nSPS) is 7.40. The van der Waals surface area contributed by atoms with Gasteiger partial charge in [0, 0.05) is 0 Å². The molecule has 2 rings (SSSR count). The molecule has 0 fully saturated rings. The fourth-order valence-corrected chi connectivity index (χ4v) is 1.18. The smallest absolute Gasteiger partial charge is 0.0263 e. The number of hydrogen-bond donors (Lipinski definition) is 0. The molecular formula is C20H20. The zero-order valence-corrected chi connectivity index (χ0v) is 11.8. The summed E-state index contributed by atoms with van der Waals surface area (Å²) >= 11 is 0. The van der Waals surface area contributed by atoms with Crippen LogP contribution in [0.15, 0.2) is 98.4 Å². The molecular weight excluding hydrogens is 240 g/mol. The highest BCUT2D eigenvalue weighted by Gasteiger charge is 1.76. The average Bonchev–Trinajstić information content (AvgIpc) is 2.57. The second kappa shape index (κ2) is 12.7. The second-order valence-corrected chi connectivity index (χ2v) is 3.58. The average molecular weight is 260 g/mol. The van der Waals surface area contributed by atoms with Crippen molar-refractivity contribution in [3.63, 3.8) is 0 Å². The molecule has 0 bridgehead atoms. The third kappa shape index (κ3) is 9.27. The minimum Gasteiger partial charge on any atom is -0.0985 e. The maximum Gasteiger partial charge on any atom is -0.0263 e. The first-order valence-electron chi connectivity index (χ1n) is 6.17. The molecule has 0 amide bonds. The van der Waals surface area contributed by atoms with Crippen LogP contribution in [0.3, 0.4) is 0 Å². The van der Waals surface area contributed by atoms with E-state index >= 15 is 0 Å². The fourth-order valence-electron chi connectivity index (χ4n) is 1.18. The highest BCUT2D eigenvalue weighted by molar-refractivity contribution is 5.46. The van der Waals surface area contributed by atoms with Crippen LogP contribution in [0.2, 0.25) is 0 Å². The van der Waals surface area contributed by atoms with Crippen LogP contribution in [0.1, 0.15) is 11.1 Å². The number of rotatable bonds is 2. The Balaban J connectivity index is 0.000000289. The lowest BCUT2D eigenvalue weighted by Gasteiger charge is -1.85. The summed E-state index contributed by atoms with van der Waals surface area (Å²) in [5.74, 6) is 0. The highest BCUT2D eigenvalue weighted by atomic mass is 13.8. The van der Waals surface area contributed by atoms with Gasteiger partial charge in [-0.1, -0.05) is 97.4 Å². The molecule has 0 unspecified atom stereocenters. The van der Waals surface area contributed by atoms with E-state index in [1.54, 1.807) is 0 Å². The Hall–Kier alpha value is -2.78. The summed E-state index contributed by atoms with van der Waals surface area (Å²) < 4.78 is 0. The third-order valence-corrected chi connectivity index (χ3v) is 2.20. The highest BCUT2D eigenvalue weighted by Crippen LogP contribution is 1.98. The van der Waals surface area contributed by atoms with E-state index in [0.717, 1.165) is 0 Å². The Morgan fingerprint density at radius 1 is 0.600 bits per heavy atom. The van der Waals surface area contributed by atoms with Crippen molar-refractivity contribution in [1.82, 2.24) is 0 Å². The van der Waals surface area contributed by atoms with E-state index in [2.05, 4.69) is 37.8 Å². The lowest BCUT2D eigenvalue weighted by Crippen LogP contribution is -1.63. The van der Waals surface area contributed by atoms with Crippen molar-refractivity contribution >= 4 is 12.2 Å². The van der Waals surface area contributed by atoms with Crippen LogP contribution in [0.25, 0.3) is 12.2 Å².